The van der Waals surface area contributed by atoms with Gasteiger partial charge in [-0.2, -0.15) is 0 Å². The summed E-state index contributed by atoms with van der Waals surface area (Å²) in [6.45, 7) is 3.05. The summed E-state index contributed by atoms with van der Waals surface area (Å²) in [4.78, 5) is 18.3. The number of rotatable bonds is 7. The average Bonchev–Trinajstić information content (AvgIpc) is 2.90. The summed E-state index contributed by atoms with van der Waals surface area (Å²) in [5.74, 6) is 0.506. The molecule has 140 valence electrons. The third kappa shape index (κ3) is 9.09. The van der Waals surface area contributed by atoms with E-state index in [4.69, 9.17) is 10.5 Å². The molecule has 0 saturated carbocycles. The molecule has 1 aliphatic heterocycles. The molecule has 1 saturated heterocycles. The maximum absolute atomic E-state index is 11.7. The van der Waals surface area contributed by atoms with Gasteiger partial charge in [0, 0.05) is 26.1 Å². The summed E-state index contributed by atoms with van der Waals surface area (Å²) in [5.41, 5.74) is 7.07. The molecule has 6 heteroatoms. The van der Waals surface area contributed by atoms with Crippen molar-refractivity contribution in [2.45, 2.75) is 51.6 Å². The number of hydrogen-bond donors (Lipinski definition) is 1. The van der Waals surface area contributed by atoms with E-state index in [0.717, 1.165) is 31.5 Å². The fraction of sp³-hybridized carbons (Fsp3) is 0.579. The normalized spacial score (nSPS) is 15.2. The van der Waals surface area contributed by atoms with E-state index in [1.807, 2.05) is 30.3 Å². The minimum Gasteiger partial charge on any atom is -0.461 e. The first-order valence-corrected chi connectivity index (χ1v) is 9.00. The largest absolute Gasteiger partial charge is 0.461 e. The molecule has 5 nitrogen and oxygen atoms in total. The Hall–Kier alpha value is -1.31. The first-order valence-electron chi connectivity index (χ1n) is 9.00. The van der Waals surface area contributed by atoms with Gasteiger partial charge in [-0.05, 0) is 31.2 Å². The van der Waals surface area contributed by atoms with Crippen molar-refractivity contribution in [2.24, 2.45) is 10.7 Å². The van der Waals surface area contributed by atoms with Crippen molar-refractivity contribution in [3.63, 3.8) is 0 Å². The van der Waals surface area contributed by atoms with Gasteiger partial charge in [0.2, 0.25) is 0 Å². The number of carbonyl (C=O) groups is 1. The fourth-order valence-electron chi connectivity index (χ4n) is 2.78. The zero-order valence-electron chi connectivity index (χ0n) is 14.9. The van der Waals surface area contributed by atoms with Crippen LogP contribution in [0.2, 0.25) is 0 Å². The maximum Gasteiger partial charge on any atom is 0.306 e. The van der Waals surface area contributed by atoms with Crippen LogP contribution in [0, 0.1) is 0 Å². The van der Waals surface area contributed by atoms with E-state index in [2.05, 4.69) is 9.89 Å². The molecule has 1 aromatic rings. The number of esters is 1. The summed E-state index contributed by atoms with van der Waals surface area (Å²) in [6.07, 6.45) is 7.04. The number of benzene rings is 1. The van der Waals surface area contributed by atoms with Crippen LogP contribution in [-0.2, 0) is 16.1 Å². The lowest BCUT2D eigenvalue weighted by Crippen LogP contribution is -2.38. The van der Waals surface area contributed by atoms with Crippen molar-refractivity contribution in [1.82, 2.24) is 4.90 Å². The van der Waals surface area contributed by atoms with Crippen molar-refractivity contribution in [2.75, 3.05) is 19.6 Å². The van der Waals surface area contributed by atoms with Crippen LogP contribution in [0.25, 0.3) is 0 Å². The first kappa shape index (κ1) is 21.7. The van der Waals surface area contributed by atoms with Gasteiger partial charge in [-0.15, -0.1) is 24.0 Å². The van der Waals surface area contributed by atoms with Crippen LogP contribution in [0.4, 0.5) is 0 Å². The number of guanidine groups is 1. The van der Waals surface area contributed by atoms with Crippen LogP contribution in [0.5, 0.6) is 0 Å². The van der Waals surface area contributed by atoms with E-state index in [-0.39, 0.29) is 29.9 Å². The number of nitrogens with two attached hydrogens (primary N) is 1. The minimum absolute atomic E-state index is 0. The summed E-state index contributed by atoms with van der Waals surface area (Å²) in [5, 5.41) is 0. The molecule has 25 heavy (non-hydrogen) atoms. The molecule has 0 atom stereocenters. The van der Waals surface area contributed by atoms with Gasteiger partial charge in [-0.1, -0.05) is 43.2 Å². The van der Waals surface area contributed by atoms with Crippen molar-refractivity contribution >= 4 is 35.9 Å². The Morgan fingerprint density at radius 2 is 1.76 bits per heavy atom. The Labute approximate surface area is 168 Å². The monoisotopic (exact) mass is 459 g/mol. The summed E-state index contributed by atoms with van der Waals surface area (Å²) in [7, 11) is 0. The van der Waals surface area contributed by atoms with Gasteiger partial charge in [0.15, 0.2) is 5.96 Å². The molecule has 1 aliphatic rings. The van der Waals surface area contributed by atoms with Crippen molar-refractivity contribution in [3.05, 3.63) is 35.9 Å². The average molecular weight is 459 g/mol. The van der Waals surface area contributed by atoms with E-state index < -0.39 is 0 Å². The quantitative estimate of drug-likeness (QED) is 0.222. The van der Waals surface area contributed by atoms with Crippen LogP contribution in [0.3, 0.4) is 0 Å². The predicted octanol–water partition coefficient (Wildman–Crippen LogP) is 3.71. The zero-order valence-corrected chi connectivity index (χ0v) is 17.2. The van der Waals surface area contributed by atoms with Gasteiger partial charge in [0.05, 0.1) is 0 Å². The van der Waals surface area contributed by atoms with Gasteiger partial charge in [0.25, 0.3) is 0 Å². The molecule has 2 N–H and O–H groups in total. The van der Waals surface area contributed by atoms with Crippen molar-refractivity contribution < 1.29 is 9.53 Å². The summed E-state index contributed by atoms with van der Waals surface area (Å²) < 4.78 is 5.26. The highest BCUT2D eigenvalue weighted by Crippen LogP contribution is 2.09. The Bertz CT molecular complexity index is 515. The highest BCUT2D eigenvalue weighted by molar-refractivity contribution is 14.0. The lowest BCUT2D eigenvalue weighted by molar-refractivity contribution is -0.145. The fourth-order valence-corrected chi connectivity index (χ4v) is 2.78. The molecule has 0 aliphatic carbocycles. The molecule has 2 rings (SSSR count). The third-order valence-electron chi connectivity index (χ3n) is 4.24. The SMILES string of the molecule is I.NC(=NCCCCC(=O)OCc1ccccc1)N1CCCCCC1. The number of likely N-dealkylation sites (tertiary alicyclic amines) is 1. The molecule has 1 heterocycles. The molecule has 0 aromatic heterocycles. The lowest BCUT2D eigenvalue weighted by Gasteiger charge is -2.21. The molecule has 1 fully saturated rings. The lowest BCUT2D eigenvalue weighted by atomic mass is 10.2. The zero-order chi connectivity index (χ0) is 17.0. The Balaban J connectivity index is 0.00000312. The van der Waals surface area contributed by atoms with Gasteiger partial charge in [-0.3, -0.25) is 9.79 Å². The van der Waals surface area contributed by atoms with Gasteiger partial charge >= 0.3 is 5.97 Å². The summed E-state index contributed by atoms with van der Waals surface area (Å²) in [6, 6.07) is 9.73. The molecule has 0 bridgehead atoms. The molecular formula is C19H30IN3O2. The van der Waals surface area contributed by atoms with E-state index in [0.29, 0.717) is 25.5 Å². The van der Waals surface area contributed by atoms with Gasteiger partial charge in [-0.25, -0.2) is 0 Å². The number of unbranched alkanes of at least 4 members (excludes halogenated alkanes) is 1. The van der Waals surface area contributed by atoms with Gasteiger partial charge < -0.3 is 15.4 Å². The first-order chi connectivity index (χ1) is 11.8. The molecule has 0 unspecified atom stereocenters. The Morgan fingerprint density at radius 3 is 2.44 bits per heavy atom. The standard InChI is InChI=1S/C19H29N3O2.HI/c20-19(22-14-8-1-2-9-15-22)21-13-7-6-12-18(23)24-16-17-10-4-3-5-11-17;/h3-5,10-11H,1-2,6-9,12-16H2,(H2,20,21);1H. The highest BCUT2D eigenvalue weighted by atomic mass is 127. The second-order valence-electron chi connectivity index (χ2n) is 6.24. The number of hydrogen-bond acceptors (Lipinski definition) is 3. The van der Waals surface area contributed by atoms with Crippen molar-refractivity contribution in [1.29, 1.82) is 0 Å². The molecule has 0 amide bonds. The van der Waals surface area contributed by atoms with E-state index in [9.17, 15) is 4.79 Å². The molecule has 1 aromatic carbocycles. The van der Waals surface area contributed by atoms with Crippen LogP contribution >= 0.6 is 24.0 Å². The number of halogens is 1. The number of aliphatic imine (C=N–C) groups is 1. The third-order valence-corrected chi connectivity index (χ3v) is 4.24. The maximum atomic E-state index is 11.7. The van der Waals surface area contributed by atoms with Gasteiger partial charge in [0.1, 0.15) is 6.61 Å². The molecule has 0 radical (unpaired) electrons. The van der Waals surface area contributed by atoms with E-state index in [1.54, 1.807) is 0 Å². The second kappa shape index (κ2) is 13.0. The molecular weight excluding hydrogens is 429 g/mol. The number of ether oxygens (including phenoxy) is 1. The van der Waals surface area contributed by atoms with Crippen LogP contribution in [0.1, 0.15) is 50.5 Å². The molecule has 0 spiro atoms. The highest BCUT2D eigenvalue weighted by Gasteiger charge is 2.10. The van der Waals surface area contributed by atoms with E-state index >= 15 is 0 Å². The number of nitrogens with zero attached hydrogens (tertiary/aromatic N) is 2. The van der Waals surface area contributed by atoms with Crippen LogP contribution < -0.4 is 5.73 Å². The topological polar surface area (TPSA) is 67.9 Å². The number of carbonyl (C=O) groups excluding carboxylic acids is 1. The smallest absolute Gasteiger partial charge is 0.306 e. The second-order valence-corrected chi connectivity index (χ2v) is 6.24. The summed E-state index contributed by atoms with van der Waals surface area (Å²) >= 11 is 0. The van der Waals surface area contributed by atoms with Crippen molar-refractivity contribution in [3.8, 4) is 0 Å². The van der Waals surface area contributed by atoms with E-state index in [1.165, 1.54) is 25.7 Å². The Kier molecular flexibility index (Phi) is 11.3. The van der Waals surface area contributed by atoms with Crippen LogP contribution in [0.15, 0.2) is 35.3 Å². The Morgan fingerprint density at radius 1 is 1.08 bits per heavy atom. The predicted molar refractivity (Wildman–Crippen MR) is 112 cm³/mol. The van der Waals surface area contributed by atoms with Crippen LogP contribution in [-0.4, -0.2) is 36.5 Å². The minimum atomic E-state index is -0.150.